The van der Waals surface area contributed by atoms with E-state index in [1.165, 1.54) is 25.9 Å². The Morgan fingerprint density at radius 2 is 1.78 bits per heavy atom. The highest BCUT2D eigenvalue weighted by Crippen LogP contribution is 2.18. The number of piperazine rings is 1. The first-order chi connectivity index (χ1) is 4.34. The van der Waals surface area contributed by atoms with Crippen molar-refractivity contribution in [1.29, 1.82) is 0 Å². The van der Waals surface area contributed by atoms with E-state index in [1.54, 1.807) is 0 Å². The molecular weight excluding hydrogens is 112 g/mol. The van der Waals surface area contributed by atoms with Gasteiger partial charge in [0.25, 0.3) is 0 Å². The van der Waals surface area contributed by atoms with Gasteiger partial charge in [0.2, 0.25) is 0 Å². The third-order valence-corrected chi connectivity index (χ3v) is 2.40. The lowest BCUT2D eigenvalue weighted by molar-refractivity contribution is 0.235. The minimum absolute atomic E-state index is 0.814. The zero-order chi connectivity index (χ0) is 6.27. The number of rotatable bonds is 0. The van der Waals surface area contributed by atoms with Gasteiger partial charge in [-0.15, -0.1) is 0 Å². The molecule has 0 aliphatic carbocycles. The van der Waals surface area contributed by atoms with Gasteiger partial charge in [-0.3, -0.25) is 0 Å². The molecule has 2 heteroatoms. The van der Waals surface area contributed by atoms with Gasteiger partial charge >= 0.3 is 0 Å². The summed E-state index contributed by atoms with van der Waals surface area (Å²) in [4.78, 5) is 2.43. The predicted molar refractivity (Wildman–Crippen MR) is 37.4 cm³/mol. The van der Waals surface area contributed by atoms with E-state index in [2.05, 4.69) is 17.3 Å². The van der Waals surface area contributed by atoms with Crippen molar-refractivity contribution < 1.29 is 0 Å². The van der Waals surface area contributed by atoms with Gasteiger partial charge in [-0.05, 0) is 19.9 Å². The van der Waals surface area contributed by atoms with Crippen molar-refractivity contribution >= 4 is 0 Å². The average molecular weight is 126 g/mol. The maximum atomic E-state index is 3.58. The second-order valence-corrected chi connectivity index (χ2v) is 3.36. The van der Waals surface area contributed by atoms with Gasteiger partial charge in [0.05, 0.1) is 0 Å². The van der Waals surface area contributed by atoms with Crippen LogP contribution < -0.4 is 5.32 Å². The van der Waals surface area contributed by atoms with E-state index in [-0.39, 0.29) is 0 Å². The molecule has 52 valence electrons. The molecule has 2 atom stereocenters. The highest BCUT2D eigenvalue weighted by atomic mass is 15.2. The molecule has 0 saturated carbocycles. The molecule has 2 nitrogen and oxygen atoms in total. The van der Waals surface area contributed by atoms with Crippen LogP contribution in [-0.4, -0.2) is 37.1 Å². The van der Waals surface area contributed by atoms with Gasteiger partial charge in [0, 0.05) is 25.2 Å². The number of likely N-dealkylation sites (tertiary alicyclic amines) is 1. The second kappa shape index (κ2) is 1.96. The molecule has 1 N–H and O–H groups in total. The van der Waals surface area contributed by atoms with Gasteiger partial charge < -0.3 is 10.2 Å². The van der Waals surface area contributed by atoms with Crippen LogP contribution in [0.2, 0.25) is 0 Å². The topological polar surface area (TPSA) is 15.3 Å². The first-order valence-corrected chi connectivity index (χ1v) is 3.79. The molecular formula is C7H14N2. The van der Waals surface area contributed by atoms with Gasteiger partial charge in [-0.2, -0.15) is 0 Å². The lowest BCUT2D eigenvalue weighted by Crippen LogP contribution is -2.49. The van der Waals surface area contributed by atoms with E-state index < -0.39 is 0 Å². The van der Waals surface area contributed by atoms with E-state index in [0.717, 1.165) is 12.1 Å². The molecule has 2 aliphatic heterocycles. The van der Waals surface area contributed by atoms with Gasteiger partial charge in [-0.1, -0.05) is 0 Å². The Balaban J connectivity index is 2.03. The molecule has 0 amide bonds. The average Bonchev–Trinajstić information content (AvgIpc) is 2.11. The molecule has 2 heterocycles. The van der Waals surface area contributed by atoms with Crippen molar-refractivity contribution in [2.24, 2.45) is 0 Å². The summed E-state index contributed by atoms with van der Waals surface area (Å²) in [5.74, 6) is 0. The van der Waals surface area contributed by atoms with Crippen molar-refractivity contribution in [3.8, 4) is 0 Å². The van der Waals surface area contributed by atoms with Crippen LogP contribution in [0.15, 0.2) is 0 Å². The minimum atomic E-state index is 0.814. The second-order valence-electron chi connectivity index (χ2n) is 3.36. The van der Waals surface area contributed by atoms with E-state index in [9.17, 15) is 0 Å². The third-order valence-electron chi connectivity index (χ3n) is 2.40. The Morgan fingerprint density at radius 3 is 2.33 bits per heavy atom. The molecule has 2 rings (SSSR count). The molecule has 2 bridgehead atoms. The molecule has 9 heavy (non-hydrogen) atoms. The quantitative estimate of drug-likeness (QED) is 0.493. The van der Waals surface area contributed by atoms with Crippen LogP contribution >= 0.6 is 0 Å². The number of fused-ring (bicyclic) bond motifs is 2. The first kappa shape index (κ1) is 5.69. The summed E-state index contributed by atoms with van der Waals surface area (Å²) in [6.45, 7) is 2.52. The summed E-state index contributed by atoms with van der Waals surface area (Å²) >= 11 is 0. The van der Waals surface area contributed by atoms with Crippen LogP contribution in [0.5, 0.6) is 0 Å². The molecule has 0 radical (unpaired) electrons. The zero-order valence-corrected chi connectivity index (χ0v) is 5.93. The van der Waals surface area contributed by atoms with Crippen LogP contribution in [-0.2, 0) is 0 Å². The lowest BCUT2D eigenvalue weighted by atomic mass is 10.2. The molecule has 2 aliphatic rings. The molecule has 2 fully saturated rings. The lowest BCUT2D eigenvalue weighted by Gasteiger charge is -2.29. The highest BCUT2D eigenvalue weighted by Gasteiger charge is 2.29. The summed E-state index contributed by atoms with van der Waals surface area (Å²) < 4.78 is 0. The Kier molecular flexibility index (Phi) is 1.24. The van der Waals surface area contributed by atoms with Crippen LogP contribution in [0.3, 0.4) is 0 Å². The molecule has 2 saturated heterocycles. The molecule has 0 aromatic heterocycles. The fourth-order valence-electron chi connectivity index (χ4n) is 2.02. The minimum Gasteiger partial charge on any atom is -0.309 e. The maximum absolute atomic E-state index is 3.58. The van der Waals surface area contributed by atoms with Crippen molar-refractivity contribution in [2.45, 2.75) is 24.9 Å². The third kappa shape index (κ3) is 0.970. The monoisotopic (exact) mass is 126 g/mol. The van der Waals surface area contributed by atoms with Crippen molar-refractivity contribution in [3.63, 3.8) is 0 Å². The van der Waals surface area contributed by atoms with E-state index >= 15 is 0 Å². The van der Waals surface area contributed by atoms with Crippen LogP contribution in [0, 0.1) is 0 Å². The van der Waals surface area contributed by atoms with Crippen molar-refractivity contribution in [1.82, 2.24) is 10.2 Å². The van der Waals surface area contributed by atoms with E-state index in [0.29, 0.717) is 0 Å². The maximum Gasteiger partial charge on any atom is 0.0198 e. The van der Waals surface area contributed by atoms with Crippen molar-refractivity contribution in [2.75, 3.05) is 20.1 Å². The van der Waals surface area contributed by atoms with Gasteiger partial charge in [-0.25, -0.2) is 0 Å². The SMILES string of the molecule is CN1CC2CCC(C1)N2. The van der Waals surface area contributed by atoms with Crippen LogP contribution in [0.1, 0.15) is 12.8 Å². The Labute approximate surface area is 56.2 Å². The number of nitrogens with one attached hydrogen (secondary N) is 1. The number of likely N-dealkylation sites (N-methyl/N-ethyl adjacent to an activating group) is 1. The van der Waals surface area contributed by atoms with E-state index in [1.807, 2.05) is 0 Å². The largest absolute Gasteiger partial charge is 0.309 e. The number of hydrogen-bond acceptors (Lipinski definition) is 2. The fourth-order valence-corrected chi connectivity index (χ4v) is 2.02. The predicted octanol–water partition coefficient (Wildman–Crippen LogP) is 0.0524. The Morgan fingerprint density at radius 1 is 1.22 bits per heavy atom. The standard InChI is InChI=1S/C7H14N2/c1-9-4-6-2-3-7(5-9)8-6/h6-8H,2-5H2,1H3. The summed E-state index contributed by atoms with van der Waals surface area (Å²) in [7, 11) is 2.21. The van der Waals surface area contributed by atoms with Gasteiger partial charge in [0.1, 0.15) is 0 Å². The fraction of sp³-hybridized carbons (Fsp3) is 1.00. The normalized spacial score (nSPS) is 43.7. The molecule has 2 unspecified atom stereocenters. The molecule has 0 aromatic carbocycles. The first-order valence-electron chi connectivity index (χ1n) is 3.79. The zero-order valence-electron chi connectivity index (χ0n) is 5.93. The highest BCUT2D eigenvalue weighted by molar-refractivity contribution is 4.91. The van der Waals surface area contributed by atoms with Crippen LogP contribution in [0.4, 0.5) is 0 Å². The smallest absolute Gasteiger partial charge is 0.0198 e. The summed E-state index contributed by atoms with van der Waals surface area (Å²) in [5.41, 5.74) is 0. The number of hydrogen-bond donors (Lipinski definition) is 1. The van der Waals surface area contributed by atoms with Crippen molar-refractivity contribution in [3.05, 3.63) is 0 Å². The Hall–Kier alpha value is -0.0800. The van der Waals surface area contributed by atoms with E-state index in [4.69, 9.17) is 0 Å². The summed E-state index contributed by atoms with van der Waals surface area (Å²) in [6, 6.07) is 1.63. The molecule has 0 aromatic rings. The Bertz CT molecular complexity index is 101. The van der Waals surface area contributed by atoms with Crippen LogP contribution in [0.25, 0.3) is 0 Å². The molecule has 0 spiro atoms. The number of nitrogens with zero attached hydrogens (tertiary/aromatic N) is 1. The van der Waals surface area contributed by atoms with Gasteiger partial charge in [0.15, 0.2) is 0 Å². The summed E-state index contributed by atoms with van der Waals surface area (Å²) in [6.07, 6.45) is 2.80. The summed E-state index contributed by atoms with van der Waals surface area (Å²) in [5, 5.41) is 3.58.